The summed E-state index contributed by atoms with van der Waals surface area (Å²) in [7, 11) is -3.46. The predicted octanol–water partition coefficient (Wildman–Crippen LogP) is 3.96. The molecule has 204 valence electrons. The maximum absolute atomic E-state index is 13.8. The van der Waals surface area contributed by atoms with Crippen LogP contribution in [0.5, 0.6) is 0 Å². The van der Waals surface area contributed by atoms with Crippen molar-refractivity contribution in [3.63, 3.8) is 0 Å². The number of furan rings is 1. The number of aromatic nitrogens is 2. The molecule has 9 nitrogen and oxygen atoms in total. The minimum Gasteiger partial charge on any atom is -0.458 e. The van der Waals surface area contributed by atoms with E-state index in [-0.39, 0.29) is 24.8 Å². The molecule has 0 radical (unpaired) electrons. The Morgan fingerprint density at radius 1 is 1.08 bits per heavy atom. The molecule has 0 spiro atoms. The van der Waals surface area contributed by atoms with Crippen molar-refractivity contribution in [2.75, 3.05) is 55.7 Å². The SMILES string of the molecule is CCN1CCN(c2ccc(Nc3ncc(C(F)(F)F)c(-c4cc5c(o4)CN(S(C)(=O)=O)CC5)n3)cc2)CC1. The van der Waals surface area contributed by atoms with Gasteiger partial charge in [-0.15, -0.1) is 0 Å². The maximum atomic E-state index is 13.8. The van der Waals surface area contributed by atoms with Crippen LogP contribution in [0.3, 0.4) is 0 Å². The van der Waals surface area contributed by atoms with Crippen LogP contribution in [0.4, 0.5) is 30.5 Å². The van der Waals surface area contributed by atoms with E-state index in [1.54, 1.807) is 0 Å². The fourth-order valence-electron chi connectivity index (χ4n) is 4.74. The summed E-state index contributed by atoms with van der Waals surface area (Å²) in [6.07, 6.45) is -2.55. The summed E-state index contributed by atoms with van der Waals surface area (Å²) in [6, 6.07) is 9.11. The smallest absolute Gasteiger partial charge is 0.420 e. The van der Waals surface area contributed by atoms with Gasteiger partial charge in [-0.25, -0.2) is 18.4 Å². The molecule has 2 aliphatic heterocycles. The van der Waals surface area contributed by atoms with E-state index < -0.39 is 27.5 Å². The van der Waals surface area contributed by atoms with Gasteiger partial charge in [-0.3, -0.25) is 0 Å². The van der Waals surface area contributed by atoms with Gasteiger partial charge in [0.1, 0.15) is 17.0 Å². The predicted molar refractivity (Wildman–Crippen MR) is 138 cm³/mol. The van der Waals surface area contributed by atoms with E-state index in [2.05, 4.69) is 32.0 Å². The monoisotopic (exact) mass is 550 g/mol. The number of rotatable bonds is 6. The van der Waals surface area contributed by atoms with E-state index in [9.17, 15) is 21.6 Å². The summed E-state index contributed by atoms with van der Waals surface area (Å²) in [5.74, 6) is 0.224. The highest BCUT2D eigenvalue weighted by Gasteiger charge is 2.37. The van der Waals surface area contributed by atoms with Crippen LogP contribution in [-0.4, -0.2) is 73.1 Å². The lowest BCUT2D eigenvalue weighted by Gasteiger charge is -2.35. The Morgan fingerprint density at radius 2 is 1.79 bits per heavy atom. The molecule has 13 heteroatoms. The lowest BCUT2D eigenvalue weighted by molar-refractivity contribution is -0.137. The Balaban J connectivity index is 1.38. The molecule has 1 fully saturated rings. The number of hydrogen-bond acceptors (Lipinski definition) is 8. The first kappa shape index (κ1) is 26.4. The van der Waals surface area contributed by atoms with Crippen molar-refractivity contribution < 1.29 is 26.0 Å². The van der Waals surface area contributed by atoms with Gasteiger partial charge in [-0.2, -0.15) is 17.5 Å². The molecule has 0 bridgehead atoms. The highest BCUT2D eigenvalue weighted by Crippen LogP contribution is 2.38. The molecule has 2 aliphatic rings. The average Bonchev–Trinajstić information content (AvgIpc) is 3.32. The first-order valence-electron chi connectivity index (χ1n) is 12.4. The number of benzene rings is 1. The molecule has 0 saturated carbocycles. The van der Waals surface area contributed by atoms with E-state index in [1.807, 2.05) is 24.3 Å². The summed E-state index contributed by atoms with van der Waals surface area (Å²) in [6.45, 7) is 7.25. The first-order chi connectivity index (χ1) is 18.0. The zero-order valence-corrected chi connectivity index (χ0v) is 21.9. The van der Waals surface area contributed by atoms with Gasteiger partial charge in [0.2, 0.25) is 16.0 Å². The third-order valence-corrected chi connectivity index (χ3v) is 8.20. The van der Waals surface area contributed by atoms with Crippen LogP contribution in [0, 0.1) is 0 Å². The molecule has 2 aromatic heterocycles. The van der Waals surface area contributed by atoms with Gasteiger partial charge in [0, 0.05) is 50.3 Å². The van der Waals surface area contributed by atoms with Crippen LogP contribution in [0.15, 0.2) is 40.9 Å². The van der Waals surface area contributed by atoms with E-state index in [0.717, 1.165) is 50.9 Å². The lowest BCUT2D eigenvalue weighted by atomic mass is 10.1. The van der Waals surface area contributed by atoms with Crippen molar-refractivity contribution in [3.05, 3.63) is 53.4 Å². The molecule has 1 N–H and O–H groups in total. The molecule has 38 heavy (non-hydrogen) atoms. The molecule has 3 aromatic rings. The van der Waals surface area contributed by atoms with Crippen molar-refractivity contribution in [1.29, 1.82) is 0 Å². The van der Waals surface area contributed by atoms with Gasteiger partial charge in [-0.05, 0) is 48.9 Å². The second-order valence-electron chi connectivity index (χ2n) is 9.45. The van der Waals surface area contributed by atoms with Crippen molar-refractivity contribution >= 4 is 27.3 Å². The van der Waals surface area contributed by atoms with E-state index in [0.29, 0.717) is 23.4 Å². The quantitative estimate of drug-likeness (QED) is 0.493. The number of alkyl halides is 3. The fraction of sp³-hybridized carbons (Fsp3) is 0.440. The van der Waals surface area contributed by atoms with E-state index in [1.165, 1.54) is 10.4 Å². The minimum absolute atomic E-state index is 0.00977. The largest absolute Gasteiger partial charge is 0.458 e. The minimum atomic E-state index is -4.70. The van der Waals surface area contributed by atoms with Gasteiger partial charge in [0.05, 0.1) is 12.8 Å². The Hall–Kier alpha value is -3.16. The molecule has 4 heterocycles. The number of nitrogens with zero attached hydrogens (tertiary/aromatic N) is 5. The molecule has 0 atom stereocenters. The van der Waals surface area contributed by atoms with Crippen LogP contribution < -0.4 is 10.2 Å². The Bertz CT molecular complexity index is 1400. The second kappa shape index (κ2) is 10.2. The van der Waals surface area contributed by atoms with Gasteiger partial charge in [0.15, 0.2) is 5.76 Å². The molecule has 1 aromatic carbocycles. The van der Waals surface area contributed by atoms with Gasteiger partial charge >= 0.3 is 6.18 Å². The fourth-order valence-corrected chi connectivity index (χ4v) is 5.52. The number of anilines is 3. The molecule has 1 saturated heterocycles. The van der Waals surface area contributed by atoms with Crippen LogP contribution in [-0.2, 0) is 29.2 Å². The third kappa shape index (κ3) is 5.64. The number of piperazine rings is 1. The molecule has 5 rings (SSSR count). The highest BCUT2D eigenvalue weighted by molar-refractivity contribution is 7.88. The number of nitrogens with one attached hydrogen (secondary N) is 1. The number of fused-ring (bicyclic) bond motifs is 1. The van der Waals surface area contributed by atoms with E-state index in [4.69, 9.17) is 4.42 Å². The van der Waals surface area contributed by atoms with Crippen molar-refractivity contribution in [2.45, 2.75) is 26.1 Å². The van der Waals surface area contributed by atoms with Crippen molar-refractivity contribution in [2.24, 2.45) is 0 Å². The summed E-state index contributed by atoms with van der Waals surface area (Å²) >= 11 is 0. The first-order valence-corrected chi connectivity index (χ1v) is 14.2. The molecule has 0 amide bonds. The number of likely N-dealkylation sites (N-methyl/N-ethyl adjacent to an activating group) is 1. The number of hydrogen-bond donors (Lipinski definition) is 1. The zero-order chi connectivity index (χ0) is 27.1. The average molecular weight is 551 g/mol. The molecule has 0 aliphatic carbocycles. The van der Waals surface area contributed by atoms with Gasteiger partial charge in [0.25, 0.3) is 0 Å². The summed E-state index contributed by atoms with van der Waals surface area (Å²) in [5, 5.41) is 2.98. The third-order valence-electron chi connectivity index (χ3n) is 6.95. The van der Waals surface area contributed by atoms with Gasteiger partial charge in [-0.1, -0.05) is 6.92 Å². The van der Waals surface area contributed by atoms with E-state index >= 15 is 0 Å². The Labute approximate surface area is 219 Å². The Kier molecular flexibility index (Phi) is 7.09. The molecule has 0 unspecified atom stereocenters. The second-order valence-corrected chi connectivity index (χ2v) is 11.4. The normalized spacial score (nSPS) is 17.4. The zero-order valence-electron chi connectivity index (χ0n) is 21.1. The lowest BCUT2D eigenvalue weighted by Crippen LogP contribution is -2.46. The van der Waals surface area contributed by atoms with Gasteiger partial charge < -0.3 is 19.5 Å². The Morgan fingerprint density at radius 3 is 2.42 bits per heavy atom. The van der Waals surface area contributed by atoms with Crippen LogP contribution in [0.25, 0.3) is 11.5 Å². The van der Waals surface area contributed by atoms with Crippen molar-refractivity contribution in [3.8, 4) is 11.5 Å². The summed E-state index contributed by atoms with van der Waals surface area (Å²) in [5.41, 5.74) is 0.937. The van der Waals surface area contributed by atoms with Crippen LogP contribution >= 0.6 is 0 Å². The maximum Gasteiger partial charge on any atom is 0.420 e. The number of halogens is 3. The molecular formula is C25H29F3N6O3S. The standard InChI is InChI=1S/C25H29F3N6O3S/c1-3-32-10-12-33(13-11-32)19-6-4-18(5-7-19)30-24-29-15-20(25(26,27)28)23(31-24)21-14-17-8-9-34(38(2,35)36)16-22(17)37-21/h4-7,14-15H,3,8-13,16H2,1-2H3,(H,29,30,31). The summed E-state index contributed by atoms with van der Waals surface area (Å²) < 4.78 is 72.3. The topological polar surface area (TPSA) is 94.8 Å². The van der Waals surface area contributed by atoms with Crippen LogP contribution in [0.1, 0.15) is 23.8 Å². The molecular weight excluding hydrogens is 521 g/mol. The number of sulfonamides is 1. The van der Waals surface area contributed by atoms with Crippen molar-refractivity contribution in [1.82, 2.24) is 19.2 Å². The highest BCUT2D eigenvalue weighted by atomic mass is 32.2. The summed E-state index contributed by atoms with van der Waals surface area (Å²) in [4.78, 5) is 12.7. The van der Waals surface area contributed by atoms with Crippen LogP contribution in [0.2, 0.25) is 0 Å².